The van der Waals surface area contributed by atoms with Crippen LogP contribution in [0.15, 0.2) is 47.1 Å². The summed E-state index contributed by atoms with van der Waals surface area (Å²) in [7, 11) is 1.64. The summed E-state index contributed by atoms with van der Waals surface area (Å²) in [6, 6.07) is 11.1. The van der Waals surface area contributed by atoms with Gasteiger partial charge in [-0.2, -0.15) is 0 Å². The molecular weight excluding hydrogens is 332 g/mol. The van der Waals surface area contributed by atoms with Gasteiger partial charge in [0, 0.05) is 6.54 Å². The van der Waals surface area contributed by atoms with Gasteiger partial charge in [0.2, 0.25) is 5.91 Å². The number of nitrogens with zero attached hydrogens (tertiary/aromatic N) is 1. The highest BCUT2D eigenvalue weighted by molar-refractivity contribution is 5.94. The minimum absolute atomic E-state index is 0.0245. The molecular formula is C20H24N2O4. The number of methoxy groups -OCH3 is 1. The van der Waals surface area contributed by atoms with Crippen LogP contribution in [0.3, 0.4) is 0 Å². The molecule has 2 aromatic rings. The molecule has 3 rings (SSSR count). The first-order valence-electron chi connectivity index (χ1n) is 8.94. The predicted molar refractivity (Wildman–Crippen MR) is 97.0 cm³/mol. The highest BCUT2D eigenvalue weighted by Crippen LogP contribution is 2.31. The highest BCUT2D eigenvalue weighted by Gasteiger charge is 2.27. The third-order valence-corrected chi connectivity index (χ3v) is 4.72. The molecule has 1 aliphatic rings. The molecule has 1 atom stereocenters. The molecule has 1 aliphatic heterocycles. The largest absolute Gasteiger partial charge is 0.497 e. The Labute approximate surface area is 153 Å². The summed E-state index contributed by atoms with van der Waals surface area (Å²) >= 11 is 0. The van der Waals surface area contributed by atoms with E-state index in [0.29, 0.717) is 6.54 Å². The van der Waals surface area contributed by atoms with Gasteiger partial charge in [-0.05, 0) is 42.7 Å². The van der Waals surface area contributed by atoms with E-state index in [1.54, 1.807) is 19.2 Å². The van der Waals surface area contributed by atoms with Crippen LogP contribution in [0, 0.1) is 0 Å². The van der Waals surface area contributed by atoms with Gasteiger partial charge in [-0.15, -0.1) is 0 Å². The van der Waals surface area contributed by atoms with Crippen LogP contribution in [0.5, 0.6) is 5.75 Å². The first kappa shape index (κ1) is 18.0. The Kier molecular flexibility index (Phi) is 5.94. The Hall–Kier alpha value is -2.76. The van der Waals surface area contributed by atoms with Crippen molar-refractivity contribution in [3.63, 3.8) is 0 Å². The third-order valence-electron chi connectivity index (χ3n) is 4.72. The Morgan fingerprint density at radius 1 is 1.19 bits per heavy atom. The summed E-state index contributed by atoms with van der Waals surface area (Å²) < 4.78 is 10.3. The van der Waals surface area contributed by atoms with Crippen LogP contribution >= 0.6 is 0 Å². The lowest BCUT2D eigenvalue weighted by Gasteiger charge is -2.30. The van der Waals surface area contributed by atoms with E-state index in [4.69, 9.17) is 9.15 Å². The molecule has 6 heteroatoms. The van der Waals surface area contributed by atoms with Gasteiger partial charge in [-0.1, -0.05) is 25.0 Å². The topological polar surface area (TPSA) is 71.8 Å². The van der Waals surface area contributed by atoms with E-state index in [-0.39, 0.29) is 30.2 Å². The minimum Gasteiger partial charge on any atom is -0.497 e. The maximum atomic E-state index is 12.8. The Morgan fingerprint density at radius 3 is 2.69 bits per heavy atom. The first-order chi connectivity index (χ1) is 12.7. The average molecular weight is 356 g/mol. The van der Waals surface area contributed by atoms with Crippen LogP contribution in [0.4, 0.5) is 0 Å². The van der Waals surface area contributed by atoms with E-state index in [0.717, 1.165) is 37.0 Å². The number of furan rings is 1. The second-order valence-electron chi connectivity index (χ2n) is 6.39. The van der Waals surface area contributed by atoms with Crippen LogP contribution in [-0.4, -0.2) is 36.9 Å². The van der Waals surface area contributed by atoms with Crippen molar-refractivity contribution in [1.82, 2.24) is 10.2 Å². The number of benzene rings is 1. The van der Waals surface area contributed by atoms with Crippen molar-refractivity contribution >= 4 is 11.8 Å². The molecule has 1 unspecified atom stereocenters. The van der Waals surface area contributed by atoms with Crippen LogP contribution < -0.4 is 10.1 Å². The number of rotatable bonds is 5. The Balaban J connectivity index is 1.69. The average Bonchev–Trinajstić information content (AvgIpc) is 3.11. The number of carbonyl (C=O) groups is 2. The van der Waals surface area contributed by atoms with Gasteiger partial charge in [0.05, 0.1) is 26.0 Å². The van der Waals surface area contributed by atoms with Crippen molar-refractivity contribution < 1.29 is 18.7 Å². The number of likely N-dealkylation sites (tertiary alicyclic amines) is 1. The van der Waals surface area contributed by atoms with Crippen molar-refractivity contribution in [1.29, 1.82) is 0 Å². The van der Waals surface area contributed by atoms with Gasteiger partial charge in [-0.3, -0.25) is 9.59 Å². The summed E-state index contributed by atoms with van der Waals surface area (Å²) in [6.07, 6.45) is 5.52. The molecule has 138 valence electrons. The summed E-state index contributed by atoms with van der Waals surface area (Å²) in [5.41, 5.74) is 1.10. The quantitative estimate of drug-likeness (QED) is 0.893. The minimum atomic E-state index is -0.376. The van der Waals surface area contributed by atoms with Gasteiger partial charge in [-0.25, -0.2) is 0 Å². The molecule has 0 radical (unpaired) electrons. The van der Waals surface area contributed by atoms with E-state index < -0.39 is 0 Å². The summed E-state index contributed by atoms with van der Waals surface area (Å²) in [5.74, 6) is 0.554. The predicted octanol–water partition coefficient (Wildman–Crippen LogP) is 3.16. The van der Waals surface area contributed by atoms with Crippen LogP contribution in [0.2, 0.25) is 0 Å². The number of carbonyl (C=O) groups excluding carboxylic acids is 2. The van der Waals surface area contributed by atoms with Gasteiger partial charge in [0.15, 0.2) is 5.76 Å². The molecule has 1 N–H and O–H groups in total. The zero-order chi connectivity index (χ0) is 18.4. The first-order valence-corrected chi connectivity index (χ1v) is 8.94. The van der Waals surface area contributed by atoms with E-state index in [2.05, 4.69) is 5.32 Å². The molecule has 1 aromatic heterocycles. The molecule has 1 saturated heterocycles. The molecule has 0 aliphatic carbocycles. The molecule has 0 saturated carbocycles. The lowest BCUT2D eigenvalue weighted by Crippen LogP contribution is -2.42. The van der Waals surface area contributed by atoms with Crippen molar-refractivity contribution in [2.45, 2.75) is 31.7 Å². The zero-order valence-corrected chi connectivity index (χ0v) is 14.9. The maximum Gasteiger partial charge on any atom is 0.287 e. The van der Waals surface area contributed by atoms with Crippen LogP contribution in [0.25, 0.3) is 0 Å². The van der Waals surface area contributed by atoms with E-state index >= 15 is 0 Å². The SMILES string of the molecule is COc1ccc(C2CCCCCN2C(=O)CNC(=O)c2ccco2)cc1. The van der Waals surface area contributed by atoms with E-state index in [9.17, 15) is 9.59 Å². The summed E-state index contributed by atoms with van der Waals surface area (Å²) in [4.78, 5) is 26.7. The lowest BCUT2D eigenvalue weighted by molar-refractivity contribution is -0.132. The van der Waals surface area contributed by atoms with Gasteiger partial charge < -0.3 is 19.4 Å². The second kappa shape index (κ2) is 8.56. The smallest absolute Gasteiger partial charge is 0.287 e. The molecule has 1 fully saturated rings. The van der Waals surface area contributed by atoms with Crippen LogP contribution in [-0.2, 0) is 4.79 Å². The molecule has 6 nitrogen and oxygen atoms in total. The maximum absolute atomic E-state index is 12.8. The fraction of sp³-hybridized carbons (Fsp3) is 0.400. The Morgan fingerprint density at radius 2 is 2.00 bits per heavy atom. The molecule has 26 heavy (non-hydrogen) atoms. The molecule has 0 spiro atoms. The van der Waals surface area contributed by atoms with Crippen molar-refractivity contribution in [2.75, 3.05) is 20.2 Å². The molecule has 0 bridgehead atoms. The monoisotopic (exact) mass is 356 g/mol. The second-order valence-corrected chi connectivity index (χ2v) is 6.39. The van der Waals surface area contributed by atoms with Crippen molar-refractivity contribution in [3.8, 4) is 5.75 Å². The van der Waals surface area contributed by atoms with Crippen molar-refractivity contribution in [2.24, 2.45) is 0 Å². The lowest BCUT2D eigenvalue weighted by atomic mass is 10.0. The number of hydrogen-bond donors (Lipinski definition) is 1. The zero-order valence-electron chi connectivity index (χ0n) is 14.9. The highest BCUT2D eigenvalue weighted by atomic mass is 16.5. The fourth-order valence-electron chi connectivity index (χ4n) is 3.33. The van der Waals surface area contributed by atoms with Crippen molar-refractivity contribution in [3.05, 3.63) is 54.0 Å². The number of hydrogen-bond acceptors (Lipinski definition) is 4. The molecule has 2 heterocycles. The summed E-state index contributed by atoms with van der Waals surface area (Å²) in [6.45, 7) is 0.665. The fourth-order valence-corrected chi connectivity index (χ4v) is 3.33. The van der Waals surface area contributed by atoms with Gasteiger partial charge in [0.25, 0.3) is 5.91 Å². The van der Waals surface area contributed by atoms with Gasteiger partial charge in [0.1, 0.15) is 5.75 Å². The van der Waals surface area contributed by atoms with Gasteiger partial charge >= 0.3 is 0 Å². The number of ether oxygens (including phenoxy) is 1. The summed E-state index contributed by atoms with van der Waals surface area (Å²) in [5, 5.41) is 2.65. The molecule has 2 amide bonds. The standard InChI is InChI=1S/C20H24N2O4/c1-25-16-10-8-15(9-11-16)17-6-3-2-4-12-22(17)19(23)14-21-20(24)18-7-5-13-26-18/h5,7-11,13,17H,2-4,6,12,14H2,1H3,(H,21,24). The van der Waals surface area contributed by atoms with E-state index in [1.807, 2.05) is 29.2 Å². The van der Waals surface area contributed by atoms with Crippen LogP contribution in [0.1, 0.15) is 47.8 Å². The third kappa shape index (κ3) is 4.25. The normalized spacial score (nSPS) is 17.4. The Bertz CT molecular complexity index is 725. The van der Waals surface area contributed by atoms with E-state index in [1.165, 1.54) is 6.26 Å². The number of nitrogens with one attached hydrogen (secondary N) is 1. The molecule has 1 aromatic carbocycles. The number of amides is 2.